The van der Waals surface area contributed by atoms with E-state index in [2.05, 4.69) is 4.72 Å². The van der Waals surface area contributed by atoms with Crippen molar-refractivity contribution in [2.45, 2.75) is 31.3 Å². The van der Waals surface area contributed by atoms with Gasteiger partial charge in [-0.15, -0.1) is 0 Å². The van der Waals surface area contributed by atoms with Crippen LogP contribution in [0.15, 0.2) is 47.4 Å². The van der Waals surface area contributed by atoms with Crippen LogP contribution in [0.3, 0.4) is 0 Å². The molecule has 0 aliphatic heterocycles. The maximum Gasteiger partial charge on any atom is 0.416 e. The maximum atomic E-state index is 12.9. The highest BCUT2D eigenvalue weighted by Crippen LogP contribution is 2.32. The number of ketones is 1. The summed E-state index contributed by atoms with van der Waals surface area (Å²) in [5.41, 5.74) is -0.887. The second-order valence-electron chi connectivity index (χ2n) is 6.11. The van der Waals surface area contributed by atoms with E-state index in [0.717, 1.165) is 12.1 Å². The average Bonchev–Trinajstić information content (AvgIpc) is 2.61. The van der Waals surface area contributed by atoms with Gasteiger partial charge >= 0.3 is 6.18 Å². The highest BCUT2D eigenvalue weighted by molar-refractivity contribution is 7.92. The number of sulfonamides is 1. The van der Waals surface area contributed by atoms with Gasteiger partial charge in [-0.05, 0) is 42.8 Å². The van der Waals surface area contributed by atoms with E-state index in [1.54, 1.807) is 6.92 Å². The number of benzene rings is 2. The fraction of sp³-hybridized carbons (Fsp3) is 0.263. The molecule has 2 aromatic carbocycles. The third-order valence-corrected chi connectivity index (χ3v) is 5.27. The molecule has 0 aliphatic rings. The van der Waals surface area contributed by atoms with Crippen molar-refractivity contribution in [3.05, 3.63) is 53.6 Å². The number of hydrogen-bond donors (Lipinski definition) is 2. The van der Waals surface area contributed by atoms with Crippen LogP contribution in [0.2, 0.25) is 0 Å². The Bertz CT molecular complexity index is 1030. The van der Waals surface area contributed by atoms with Gasteiger partial charge in [-0.3, -0.25) is 9.52 Å². The molecule has 156 valence electrons. The maximum absolute atomic E-state index is 12.9. The highest BCUT2D eigenvalue weighted by Gasteiger charge is 2.31. The zero-order valence-electron chi connectivity index (χ0n) is 15.6. The SMILES string of the molecule is CCOc1cc(CC(=N)C(C)=O)ccc1S(=O)(=O)Nc1cccc(C(F)(F)F)c1. The number of halogens is 3. The van der Waals surface area contributed by atoms with Crippen LogP contribution in [-0.2, 0) is 27.4 Å². The quantitative estimate of drug-likeness (QED) is 0.620. The number of rotatable bonds is 8. The Hall–Kier alpha value is -2.88. The highest BCUT2D eigenvalue weighted by atomic mass is 32.2. The molecule has 0 unspecified atom stereocenters. The van der Waals surface area contributed by atoms with Crippen molar-refractivity contribution in [3.63, 3.8) is 0 Å². The van der Waals surface area contributed by atoms with Gasteiger partial charge in [0, 0.05) is 19.0 Å². The van der Waals surface area contributed by atoms with Gasteiger partial charge in [0.25, 0.3) is 10.0 Å². The van der Waals surface area contributed by atoms with E-state index in [4.69, 9.17) is 10.1 Å². The summed E-state index contributed by atoms with van der Waals surface area (Å²) < 4.78 is 71.5. The first kappa shape index (κ1) is 22.4. The molecule has 0 aromatic heterocycles. The molecule has 0 fully saturated rings. The molecule has 0 saturated carbocycles. The third-order valence-electron chi connectivity index (χ3n) is 3.85. The number of ether oxygens (including phenoxy) is 1. The van der Waals surface area contributed by atoms with Crippen molar-refractivity contribution < 1.29 is 31.1 Å². The first-order chi connectivity index (χ1) is 13.4. The van der Waals surface area contributed by atoms with E-state index in [1.165, 1.54) is 31.2 Å². The number of hydrogen-bond acceptors (Lipinski definition) is 5. The Morgan fingerprint density at radius 3 is 2.45 bits per heavy atom. The Kier molecular flexibility index (Phi) is 6.68. The minimum atomic E-state index is -4.61. The number of carbonyl (C=O) groups excluding carboxylic acids is 1. The van der Waals surface area contributed by atoms with Gasteiger partial charge in [-0.25, -0.2) is 8.42 Å². The van der Waals surface area contributed by atoms with Gasteiger partial charge in [0.15, 0.2) is 5.78 Å². The average molecular weight is 428 g/mol. The van der Waals surface area contributed by atoms with Crippen molar-refractivity contribution in [2.75, 3.05) is 11.3 Å². The molecule has 0 saturated heterocycles. The first-order valence-corrected chi connectivity index (χ1v) is 9.96. The van der Waals surface area contributed by atoms with Crippen LogP contribution >= 0.6 is 0 Å². The van der Waals surface area contributed by atoms with Gasteiger partial charge in [0.1, 0.15) is 10.6 Å². The van der Waals surface area contributed by atoms with E-state index >= 15 is 0 Å². The van der Waals surface area contributed by atoms with Crippen LogP contribution in [0.25, 0.3) is 0 Å². The van der Waals surface area contributed by atoms with Crippen LogP contribution in [0.5, 0.6) is 5.75 Å². The van der Waals surface area contributed by atoms with Crippen molar-refractivity contribution >= 4 is 27.2 Å². The predicted octanol–water partition coefficient (Wildman–Crippen LogP) is 4.06. The summed E-state index contributed by atoms with van der Waals surface area (Å²) in [5, 5.41) is 7.64. The van der Waals surface area contributed by atoms with Gasteiger partial charge in [0.2, 0.25) is 0 Å². The molecule has 6 nitrogen and oxygen atoms in total. The minimum Gasteiger partial charge on any atom is -0.492 e. The Balaban J connectivity index is 2.38. The number of anilines is 1. The van der Waals surface area contributed by atoms with E-state index in [-0.39, 0.29) is 35.1 Å². The Labute approximate surface area is 166 Å². The number of alkyl halides is 3. The molecule has 0 amide bonds. The fourth-order valence-electron chi connectivity index (χ4n) is 2.45. The third kappa shape index (κ3) is 5.80. The van der Waals surface area contributed by atoms with Crippen LogP contribution in [0, 0.1) is 5.41 Å². The van der Waals surface area contributed by atoms with E-state index in [1.807, 2.05) is 0 Å². The normalized spacial score (nSPS) is 11.8. The molecule has 2 aromatic rings. The first-order valence-electron chi connectivity index (χ1n) is 8.48. The molecule has 0 heterocycles. The van der Waals surface area contributed by atoms with Crippen LogP contribution in [0.4, 0.5) is 18.9 Å². The van der Waals surface area contributed by atoms with Gasteiger partial charge < -0.3 is 10.1 Å². The molecule has 10 heteroatoms. The lowest BCUT2D eigenvalue weighted by atomic mass is 10.1. The molecule has 0 aliphatic carbocycles. The molecule has 2 N–H and O–H groups in total. The predicted molar refractivity (Wildman–Crippen MR) is 102 cm³/mol. The Morgan fingerprint density at radius 2 is 1.86 bits per heavy atom. The monoisotopic (exact) mass is 428 g/mol. The molecule has 2 rings (SSSR count). The van der Waals surface area contributed by atoms with Crippen LogP contribution in [0.1, 0.15) is 25.0 Å². The zero-order valence-corrected chi connectivity index (χ0v) is 16.4. The standard InChI is InChI=1S/C19H19F3N2O4S/c1-3-28-17-10-13(9-16(23)12(2)25)7-8-18(17)29(26,27)24-15-6-4-5-14(11-15)19(20,21)22/h4-8,10-11,23-24H,3,9H2,1-2H3. The molecule has 29 heavy (non-hydrogen) atoms. The fourth-order valence-corrected chi connectivity index (χ4v) is 3.63. The minimum absolute atomic E-state index is 0.00318. The topological polar surface area (TPSA) is 96.3 Å². The second-order valence-corrected chi connectivity index (χ2v) is 7.76. The van der Waals surface area contributed by atoms with Crippen molar-refractivity contribution in [3.8, 4) is 5.75 Å². The molecule has 0 atom stereocenters. The lowest BCUT2D eigenvalue weighted by Crippen LogP contribution is -2.16. The number of Topliss-reactive ketones (excluding diaryl/α,β-unsaturated/α-hetero) is 1. The number of carbonyl (C=O) groups is 1. The largest absolute Gasteiger partial charge is 0.492 e. The molecule has 0 bridgehead atoms. The van der Waals surface area contributed by atoms with Crippen molar-refractivity contribution in [2.24, 2.45) is 0 Å². The summed E-state index contributed by atoms with van der Waals surface area (Å²) in [7, 11) is -4.25. The Morgan fingerprint density at radius 1 is 1.17 bits per heavy atom. The lowest BCUT2D eigenvalue weighted by molar-refractivity contribution is -0.137. The summed E-state index contributed by atoms with van der Waals surface area (Å²) in [6.45, 7) is 3.03. The number of nitrogens with one attached hydrogen (secondary N) is 2. The summed E-state index contributed by atoms with van der Waals surface area (Å²) in [6.07, 6.45) is -4.61. The van der Waals surface area contributed by atoms with E-state index < -0.39 is 27.5 Å². The molecular formula is C19H19F3N2O4S. The van der Waals surface area contributed by atoms with E-state index in [9.17, 15) is 26.4 Å². The molecule has 0 radical (unpaired) electrons. The van der Waals surface area contributed by atoms with Crippen LogP contribution in [-0.4, -0.2) is 26.5 Å². The summed E-state index contributed by atoms with van der Waals surface area (Å²) in [4.78, 5) is 11.0. The van der Waals surface area contributed by atoms with E-state index in [0.29, 0.717) is 11.6 Å². The summed E-state index contributed by atoms with van der Waals surface area (Å²) in [6, 6.07) is 7.87. The zero-order chi connectivity index (χ0) is 21.8. The van der Waals surface area contributed by atoms with Gasteiger partial charge in [0.05, 0.1) is 17.9 Å². The van der Waals surface area contributed by atoms with Gasteiger partial charge in [-0.1, -0.05) is 12.1 Å². The van der Waals surface area contributed by atoms with Crippen molar-refractivity contribution in [1.82, 2.24) is 0 Å². The smallest absolute Gasteiger partial charge is 0.416 e. The summed E-state index contributed by atoms with van der Waals surface area (Å²) >= 11 is 0. The van der Waals surface area contributed by atoms with Gasteiger partial charge in [-0.2, -0.15) is 13.2 Å². The van der Waals surface area contributed by atoms with Crippen LogP contribution < -0.4 is 9.46 Å². The molecular weight excluding hydrogens is 409 g/mol. The lowest BCUT2D eigenvalue weighted by Gasteiger charge is -2.15. The summed E-state index contributed by atoms with van der Waals surface area (Å²) in [5.74, 6) is -0.438. The molecule has 0 spiro atoms. The van der Waals surface area contributed by atoms with Crippen molar-refractivity contribution in [1.29, 1.82) is 5.41 Å². The second kappa shape index (κ2) is 8.64.